The molecule has 1 fully saturated rings. The number of hydrogen-bond acceptors (Lipinski definition) is 2. The SMILES string of the molecule is CC1CCNCC1NC(=O)C(C)(C)c1cccc(Cl)c1.Cl. The Balaban J connectivity index is 0.00000220. The Morgan fingerprint density at radius 2 is 2.14 bits per heavy atom. The van der Waals surface area contributed by atoms with Gasteiger partial charge in [-0.05, 0) is 50.4 Å². The van der Waals surface area contributed by atoms with E-state index in [1.165, 1.54) is 0 Å². The predicted molar refractivity (Wildman–Crippen MR) is 90.3 cm³/mol. The summed E-state index contributed by atoms with van der Waals surface area (Å²) < 4.78 is 0. The van der Waals surface area contributed by atoms with Gasteiger partial charge in [-0.3, -0.25) is 4.79 Å². The van der Waals surface area contributed by atoms with Gasteiger partial charge in [0.15, 0.2) is 0 Å². The number of rotatable bonds is 3. The van der Waals surface area contributed by atoms with Crippen LogP contribution in [0.5, 0.6) is 0 Å². The zero-order chi connectivity index (χ0) is 14.8. The van der Waals surface area contributed by atoms with Gasteiger partial charge >= 0.3 is 0 Å². The van der Waals surface area contributed by atoms with Crippen molar-refractivity contribution in [3.8, 4) is 0 Å². The third-order valence-corrected chi connectivity index (χ3v) is 4.49. The van der Waals surface area contributed by atoms with Crippen molar-refractivity contribution in [2.75, 3.05) is 13.1 Å². The molecule has 1 heterocycles. The second-order valence-electron chi connectivity index (χ2n) is 6.19. The monoisotopic (exact) mass is 330 g/mol. The Morgan fingerprint density at radius 3 is 2.76 bits per heavy atom. The van der Waals surface area contributed by atoms with Crippen molar-refractivity contribution in [1.29, 1.82) is 0 Å². The Labute approximate surface area is 138 Å². The summed E-state index contributed by atoms with van der Waals surface area (Å²) in [5.41, 5.74) is 0.362. The molecule has 0 spiro atoms. The summed E-state index contributed by atoms with van der Waals surface area (Å²) in [7, 11) is 0. The lowest BCUT2D eigenvalue weighted by Gasteiger charge is -2.33. The van der Waals surface area contributed by atoms with Gasteiger partial charge in [0.25, 0.3) is 0 Å². The fourth-order valence-corrected chi connectivity index (χ4v) is 2.73. The van der Waals surface area contributed by atoms with Crippen molar-refractivity contribution in [3.05, 3.63) is 34.9 Å². The van der Waals surface area contributed by atoms with Crippen molar-refractivity contribution in [2.24, 2.45) is 5.92 Å². The predicted octanol–water partition coefficient (Wildman–Crippen LogP) is 3.15. The van der Waals surface area contributed by atoms with E-state index < -0.39 is 5.41 Å². The van der Waals surface area contributed by atoms with Crippen molar-refractivity contribution in [2.45, 2.75) is 38.6 Å². The molecule has 1 aliphatic heterocycles. The van der Waals surface area contributed by atoms with E-state index in [1.807, 2.05) is 38.1 Å². The molecule has 1 aromatic carbocycles. The van der Waals surface area contributed by atoms with Gasteiger partial charge in [0.05, 0.1) is 5.41 Å². The van der Waals surface area contributed by atoms with Crippen LogP contribution in [-0.2, 0) is 10.2 Å². The molecular formula is C16H24Cl2N2O. The summed E-state index contributed by atoms with van der Waals surface area (Å²) >= 11 is 6.03. The molecule has 1 amide bonds. The average Bonchev–Trinajstić information content (AvgIpc) is 2.41. The second kappa shape index (κ2) is 7.48. The molecule has 2 N–H and O–H groups in total. The van der Waals surface area contributed by atoms with Crippen LogP contribution >= 0.6 is 24.0 Å². The van der Waals surface area contributed by atoms with Gasteiger partial charge < -0.3 is 10.6 Å². The van der Waals surface area contributed by atoms with Crippen molar-refractivity contribution in [1.82, 2.24) is 10.6 Å². The molecule has 0 saturated carbocycles. The third kappa shape index (κ3) is 4.35. The summed E-state index contributed by atoms with van der Waals surface area (Å²) in [5.74, 6) is 0.565. The van der Waals surface area contributed by atoms with Crippen LogP contribution in [0.4, 0.5) is 0 Å². The Kier molecular flexibility index (Phi) is 6.51. The molecule has 0 radical (unpaired) electrons. The van der Waals surface area contributed by atoms with Crippen molar-refractivity contribution < 1.29 is 4.79 Å². The first-order valence-corrected chi connectivity index (χ1v) is 7.57. The van der Waals surface area contributed by atoms with E-state index in [-0.39, 0.29) is 24.4 Å². The number of carbonyl (C=O) groups is 1. The van der Waals surface area contributed by atoms with Crippen LogP contribution in [0.2, 0.25) is 5.02 Å². The zero-order valence-corrected chi connectivity index (χ0v) is 14.4. The van der Waals surface area contributed by atoms with Gasteiger partial charge in [-0.15, -0.1) is 12.4 Å². The molecule has 118 valence electrons. The first-order chi connectivity index (χ1) is 9.41. The lowest BCUT2D eigenvalue weighted by molar-refractivity contribution is -0.126. The molecule has 1 saturated heterocycles. The minimum Gasteiger partial charge on any atom is -0.351 e. The third-order valence-electron chi connectivity index (χ3n) is 4.26. The maximum absolute atomic E-state index is 12.6. The highest BCUT2D eigenvalue weighted by Gasteiger charge is 2.33. The molecule has 1 aromatic rings. The lowest BCUT2D eigenvalue weighted by atomic mass is 9.83. The molecule has 3 nitrogen and oxygen atoms in total. The fourth-order valence-electron chi connectivity index (χ4n) is 2.54. The second-order valence-corrected chi connectivity index (χ2v) is 6.62. The van der Waals surface area contributed by atoms with E-state index in [4.69, 9.17) is 11.6 Å². The van der Waals surface area contributed by atoms with Crippen molar-refractivity contribution in [3.63, 3.8) is 0 Å². The fraction of sp³-hybridized carbons (Fsp3) is 0.562. The number of benzene rings is 1. The van der Waals surface area contributed by atoms with Gasteiger partial charge in [-0.1, -0.05) is 30.7 Å². The van der Waals surface area contributed by atoms with E-state index >= 15 is 0 Å². The number of amides is 1. The van der Waals surface area contributed by atoms with E-state index in [0.717, 1.165) is 25.1 Å². The molecule has 2 unspecified atom stereocenters. The van der Waals surface area contributed by atoms with Gasteiger partial charge in [0.2, 0.25) is 5.91 Å². The van der Waals surface area contributed by atoms with Crippen LogP contribution in [-0.4, -0.2) is 25.0 Å². The van der Waals surface area contributed by atoms with Gasteiger partial charge in [-0.25, -0.2) is 0 Å². The Bertz CT molecular complexity index is 491. The maximum atomic E-state index is 12.6. The number of piperidine rings is 1. The Hall–Kier alpha value is -0.770. The standard InChI is InChI=1S/C16H23ClN2O.ClH/c1-11-7-8-18-10-14(11)19-15(20)16(2,3)12-5-4-6-13(17)9-12;/h4-6,9,11,14,18H,7-8,10H2,1-3H3,(H,19,20);1H. The number of hydrogen-bond donors (Lipinski definition) is 2. The molecule has 21 heavy (non-hydrogen) atoms. The van der Waals surface area contributed by atoms with E-state index in [1.54, 1.807) is 0 Å². The highest BCUT2D eigenvalue weighted by Crippen LogP contribution is 2.26. The molecule has 2 rings (SSSR count). The van der Waals surface area contributed by atoms with E-state index in [2.05, 4.69) is 17.6 Å². The topological polar surface area (TPSA) is 41.1 Å². The van der Waals surface area contributed by atoms with Crippen LogP contribution in [0.15, 0.2) is 24.3 Å². The van der Waals surface area contributed by atoms with Gasteiger partial charge in [0.1, 0.15) is 0 Å². The van der Waals surface area contributed by atoms with E-state index in [9.17, 15) is 4.79 Å². The zero-order valence-electron chi connectivity index (χ0n) is 12.8. The number of nitrogens with one attached hydrogen (secondary N) is 2. The smallest absolute Gasteiger partial charge is 0.230 e. The molecule has 0 aliphatic carbocycles. The summed E-state index contributed by atoms with van der Waals surface area (Å²) in [4.78, 5) is 12.6. The number of carbonyl (C=O) groups excluding carboxylic acids is 1. The van der Waals surface area contributed by atoms with Crippen LogP contribution < -0.4 is 10.6 Å². The molecule has 1 aliphatic rings. The first kappa shape index (κ1) is 18.3. The summed E-state index contributed by atoms with van der Waals surface area (Å²) in [6.07, 6.45) is 1.10. The molecule has 2 atom stereocenters. The highest BCUT2D eigenvalue weighted by molar-refractivity contribution is 6.30. The van der Waals surface area contributed by atoms with Crippen molar-refractivity contribution >= 4 is 29.9 Å². The normalized spacial score (nSPS) is 22.3. The molecule has 0 aromatic heterocycles. The summed E-state index contributed by atoms with van der Waals surface area (Å²) in [6.45, 7) is 7.95. The summed E-state index contributed by atoms with van der Waals surface area (Å²) in [5, 5.41) is 7.18. The molecule has 5 heteroatoms. The van der Waals surface area contributed by atoms with E-state index in [0.29, 0.717) is 10.9 Å². The highest BCUT2D eigenvalue weighted by atomic mass is 35.5. The lowest BCUT2D eigenvalue weighted by Crippen LogP contribution is -2.54. The molecular weight excluding hydrogens is 307 g/mol. The van der Waals surface area contributed by atoms with Crippen LogP contribution in [0.25, 0.3) is 0 Å². The maximum Gasteiger partial charge on any atom is 0.230 e. The van der Waals surface area contributed by atoms with Gasteiger partial charge in [-0.2, -0.15) is 0 Å². The summed E-state index contributed by atoms with van der Waals surface area (Å²) in [6, 6.07) is 7.73. The van der Waals surface area contributed by atoms with Crippen LogP contribution in [0.3, 0.4) is 0 Å². The molecule has 0 bridgehead atoms. The first-order valence-electron chi connectivity index (χ1n) is 7.19. The van der Waals surface area contributed by atoms with Crippen LogP contribution in [0.1, 0.15) is 32.8 Å². The number of halogens is 2. The minimum absolute atomic E-state index is 0. The Morgan fingerprint density at radius 1 is 1.43 bits per heavy atom. The van der Waals surface area contributed by atoms with Gasteiger partial charge in [0, 0.05) is 17.6 Å². The largest absolute Gasteiger partial charge is 0.351 e. The van der Waals surface area contributed by atoms with Crippen LogP contribution in [0, 0.1) is 5.92 Å². The quantitative estimate of drug-likeness (QED) is 0.893. The minimum atomic E-state index is -0.581. The average molecular weight is 331 g/mol.